The first kappa shape index (κ1) is 13.0. The van der Waals surface area contributed by atoms with Crippen molar-refractivity contribution in [3.8, 4) is 0 Å². The van der Waals surface area contributed by atoms with Crippen LogP contribution in [0.4, 0.5) is 0 Å². The zero-order valence-corrected chi connectivity index (χ0v) is 11.9. The van der Waals surface area contributed by atoms with Gasteiger partial charge in [0.1, 0.15) is 0 Å². The Hall–Kier alpha value is -2.02. The van der Waals surface area contributed by atoms with Crippen molar-refractivity contribution in [2.24, 2.45) is 0 Å². The van der Waals surface area contributed by atoms with Crippen molar-refractivity contribution >= 4 is 34.5 Å². The summed E-state index contributed by atoms with van der Waals surface area (Å²) in [5, 5.41) is 19.1. The van der Waals surface area contributed by atoms with E-state index in [4.69, 9.17) is 0 Å². The van der Waals surface area contributed by atoms with Gasteiger partial charge in [0.05, 0.1) is 17.0 Å². The lowest BCUT2D eigenvalue weighted by Gasteiger charge is -2.09. The number of rotatable bonds is 4. The second-order valence-corrected chi connectivity index (χ2v) is 5.74. The van der Waals surface area contributed by atoms with E-state index in [1.807, 2.05) is 35.6 Å². The summed E-state index contributed by atoms with van der Waals surface area (Å²) in [5.41, 5.74) is 2.03. The van der Waals surface area contributed by atoms with Gasteiger partial charge in [0.25, 0.3) is 0 Å². The van der Waals surface area contributed by atoms with Crippen LogP contribution >= 0.6 is 11.8 Å². The number of carboxylic acid groups (broad SMARTS) is 1. The first-order valence-corrected chi connectivity index (χ1v) is 7.21. The Labute approximate surface area is 119 Å². The highest BCUT2D eigenvalue weighted by Gasteiger charge is 2.18. The molecule has 6 nitrogen and oxygen atoms in total. The summed E-state index contributed by atoms with van der Waals surface area (Å²) in [5.74, 6) is -0.382. The topological polar surface area (TPSA) is 75.2 Å². The maximum absolute atomic E-state index is 10.9. The first-order chi connectivity index (χ1) is 9.63. The van der Waals surface area contributed by atoms with E-state index in [2.05, 4.69) is 14.8 Å². The van der Waals surface area contributed by atoms with E-state index >= 15 is 0 Å². The number of fused-ring (bicyclic) bond motifs is 3. The minimum atomic E-state index is -1.11. The predicted molar refractivity (Wildman–Crippen MR) is 74.5 cm³/mol. The monoisotopic (exact) mass is 289 g/mol. The molecule has 3 rings (SSSR count). The fourth-order valence-electron chi connectivity index (χ4n) is 2.23. The molecule has 0 radical (unpaired) electrons. The molecular weight excluding hydrogens is 276 g/mol. The van der Waals surface area contributed by atoms with Gasteiger partial charge in [0, 0.05) is 11.8 Å². The number of aliphatic carboxylic acids is 1. The number of aryl methyl sites for hydroxylation is 1. The van der Waals surface area contributed by atoms with Crippen molar-refractivity contribution < 1.29 is 9.90 Å². The van der Waals surface area contributed by atoms with Crippen molar-refractivity contribution in [3.05, 3.63) is 24.3 Å². The molecule has 0 N–H and O–H groups in total. The van der Waals surface area contributed by atoms with Crippen LogP contribution in [-0.4, -0.2) is 30.4 Å². The highest BCUT2D eigenvalue weighted by molar-refractivity contribution is 8.00. The summed E-state index contributed by atoms with van der Waals surface area (Å²) >= 11 is 1.14. The Morgan fingerprint density at radius 1 is 1.35 bits per heavy atom. The lowest BCUT2D eigenvalue weighted by atomic mass is 10.3. The SMILES string of the molecule is CCn1c2ccccc2n2c(SC(C)C(=O)[O-])nnc12. The lowest BCUT2D eigenvalue weighted by Crippen LogP contribution is -2.31. The standard InChI is InChI=1S/C13H14N4O2S/c1-3-16-9-6-4-5-7-10(9)17-12(16)14-15-13(17)20-8(2)11(18)19/h4-8H,3H2,1-2H3,(H,18,19)/p-1. The maximum atomic E-state index is 10.9. The van der Waals surface area contributed by atoms with Gasteiger partial charge in [-0.25, -0.2) is 0 Å². The minimum absolute atomic E-state index is 0.570. The quantitative estimate of drug-likeness (QED) is 0.668. The van der Waals surface area contributed by atoms with E-state index < -0.39 is 11.2 Å². The molecule has 0 aliphatic carbocycles. The summed E-state index contributed by atoms with van der Waals surface area (Å²) in [6.45, 7) is 4.40. The van der Waals surface area contributed by atoms with Crippen LogP contribution < -0.4 is 5.11 Å². The van der Waals surface area contributed by atoms with Gasteiger partial charge in [-0.2, -0.15) is 0 Å². The molecule has 0 saturated heterocycles. The third-order valence-corrected chi connectivity index (χ3v) is 4.22. The Balaban J connectivity index is 2.23. The zero-order valence-electron chi connectivity index (χ0n) is 11.1. The van der Waals surface area contributed by atoms with Gasteiger partial charge in [0.2, 0.25) is 5.78 Å². The van der Waals surface area contributed by atoms with Crippen LogP contribution in [0, 0.1) is 0 Å². The number of carbonyl (C=O) groups is 1. The molecule has 1 unspecified atom stereocenters. The molecule has 2 aromatic heterocycles. The third-order valence-electron chi connectivity index (χ3n) is 3.20. The van der Waals surface area contributed by atoms with E-state index in [1.54, 1.807) is 6.92 Å². The molecule has 0 fully saturated rings. The molecule has 0 amide bonds. The van der Waals surface area contributed by atoms with E-state index in [0.29, 0.717) is 5.16 Å². The number of hydrogen-bond acceptors (Lipinski definition) is 5. The van der Waals surface area contributed by atoms with Crippen molar-refractivity contribution in [3.63, 3.8) is 0 Å². The van der Waals surface area contributed by atoms with Crippen LogP contribution in [0.15, 0.2) is 29.4 Å². The smallest absolute Gasteiger partial charge is 0.237 e. The summed E-state index contributed by atoms with van der Waals surface area (Å²) in [6, 6.07) is 7.91. The van der Waals surface area contributed by atoms with Crippen molar-refractivity contribution in [1.29, 1.82) is 0 Å². The molecule has 7 heteroatoms. The summed E-state index contributed by atoms with van der Waals surface area (Å²) in [4.78, 5) is 10.9. The molecule has 0 bridgehead atoms. The van der Waals surface area contributed by atoms with Crippen molar-refractivity contribution in [2.45, 2.75) is 30.8 Å². The molecule has 20 heavy (non-hydrogen) atoms. The van der Waals surface area contributed by atoms with Gasteiger partial charge < -0.3 is 14.5 Å². The second kappa shape index (κ2) is 4.82. The van der Waals surface area contributed by atoms with Gasteiger partial charge in [-0.15, -0.1) is 10.2 Å². The summed E-state index contributed by atoms with van der Waals surface area (Å²) in [6.07, 6.45) is 0. The van der Waals surface area contributed by atoms with E-state index in [1.165, 1.54) is 0 Å². The third kappa shape index (κ3) is 1.85. The molecule has 1 aromatic carbocycles. The van der Waals surface area contributed by atoms with Crippen LogP contribution in [0.2, 0.25) is 0 Å². The number of imidazole rings is 1. The van der Waals surface area contributed by atoms with Crippen molar-refractivity contribution in [1.82, 2.24) is 19.2 Å². The summed E-state index contributed by atoms with van der Waals surface area (Å²) < 4.78 is 3.94. The maximum Gasteiger partial charge on any atom is 0.237 e. The highest BCUT2D eigenvalue weighted by Crippen LogP contribution is 2.27. The molecule has 0 aliphatic rings. The van der Waals surface area contributed by atoms with E-state index in [0.717, 1.165) is 35.1 Å². The average molecular weight is 289 g/mol. The fraction of sp³-hybridized carbons (Fsp3) is 0.308. The summed E-state index contributed by atoms with van der Waals surface area (Å²) in [7, 11) is 0. The molecular formula is C13H13N4O2S-. The van der Waals surface area contributed by atoms with Gasteiger partial charge in [-0.3, -0.25) is 4.40 Å². The normalized spacial score (nSPS) is 13.1. The number of thioether (sulfide) groups is 1. The number of nitrogens with zero attached hydrogens (tertiary/aromatic N) is 4. The molecule has 2 heterocycles. The molecule has 0 spiro atoms. The van der Waals surface area contributed by atoms with Crippen molar-refractivity contribution in [2.75, 3.05) is 0 Å². The Morgan fingerprint density at radius 3 is 2.70 bits per heavy atom. The van der Waals surface area contributed by atoms with Gasteiger partial charge in [-0.1, -0.05) is 23.9 Å². The fourth-order valence-corrected chi connectivity index (χ4v) is 3.02. The predicted octanol–water partition coefficient (Wildman–Crippen LogP) is 0.934. The van der Waals surface area contributed by atoms with Crippen LogP contribution in [0.25, 0.3) is 16.8 Å². The van der Waals surface area contributed by atoms with Gasteiger partial charge in [0.15, 0.2) is 5.16 Å². The van der Waals surface area contributed by atoms with E-state index in [-0.39, 0.29) is 0 Å². The molecule has 1 atom stereocenters. The second-order valence-electron chi connectivity index (χ2n) is 4.43. The molecule has 0 aliphatic heterocycles. The van der Waals surface area contributed by atoms with Crippen LogP contribution in [0.1, 0.15) is 13.8 Å². The highest BCUT2D eigenvalue weighted by atomic mass is 32.2. The number of para-hydroxylation sites is 2. The van der Waals surface area contributed by atoms with Crippen LogP contribution in [-0.2, 0) is 11.3 Å². The molecule has 3 aromatic rings. The average Bonchev–Trinajstić information content (AvgIpc) is 2.97. The molecule has 0 saturated carbocycles. The zero-order chi connectivity index (χ0) is 14.3. The Morgan fingerprint density at radius 2 is 2.05 bits per heavy atom. The largest absolute Gasteiger partial charge is 0.549 e. The number of carbonyl (C=O) groups excluding carboxylic acids is 1. The molecule has 104 valence electrons. The Kier molecular flexibility index (Phi) is 3.13. The van der Waals surface area contributed by atoms with Gasteiger partial charge in [-0.05, 0) is 26.0 Å². The number of hydrogen-bond donors (Lipinski definition) is 0. The van der Waals surface area contributed by atoms with Crippen LogP contribution in [0.5, 0.6) is 0 Å². The van der Waals surface area contributed by atoms with Crippen LogP contribution in [0.3, 0.4) is 0 Å². The number of aromatic nitrogens is 4. The van der Waals surface area contributed by atoms with E-state index in [9.17, 15) is 9.90 Å². The Bertz CT molecular complexity index is 792. The minimum Gasteiger partial charge on any atom is -0.549 e. The lowest BCUT2D eigenvalue weighted by molar-refractivity contribution is -0.304. The first-order valence-electron chi connectivity index (χ1n) is 6.33. The number of carboxylic acids is 1. The van der Waals surface area contributed by atoms with Gasteiger partial charge >= 0.3 is 0 Å². The number of benzene rings is 1.